The molecule has 0 aromatic rings. The Bertz CT molecular complexity index is 137. The van der Waals surface area contributed by atoms with Crippen LogP contribution in [-0.2, 0) is 4.74 Å². The molecule has 3 unspecified atom stereocenters. The summed E-state index contributed by atoms with van der Waals surface area (Å²) in [6.45, 7) is 9.88. The lowest BCUT2D eigenvalue weighted by Crippen LogP contribution is -2.38. The molecule has 1 rings (SSSR count). The van der Waals surface area contributed by atoms with Gasteiger partial charge in [0.15, 0.2) is 0 Å². The highest BCUT2D eigenvalue weighted by Gasteiger charge is 2.27. The van der Waals surface area contributed by atoms with Crippen LogP contribution in [0.2, 0.25) is 0 Å². The van der Waals surface area contributed by atoms with Crippen LogP contribution in [0.3, 0.4) is 0 Å². The van der Waals surface area contributed by atoms with E-state index in [-0.39, 0.29) is 0 Å². The maximum atomic E-state index is 5.46. The van der Waals surface area contributed by atoms with Crippen molar-refractivity contribution in [3.05, 3.63) is 0 Å². The van der Waals surface area contributed by atoms with Gasteiger partial charge in [-0.2, -0.15) is 0 Å². The maximum absolute atomic E-state index is 5.46. The minimum absolute atomic E-state index is 0.691. The van der Waals surface area contributed by atoms with E-state index < -0.39 is 0 Å². The minimum atomic E-state index is 0.691. The SMILES string of the molecule is CCCC(NCC)C(C)C1CCOC1. The number of rotatable bonds is 6. The second kappa shape index (κ2) is 6.41. The highest BCUT2D eigenvalue weighted by molar-refractivity contribution is 4.80. The molecule has 1 fully saturated rings. The van der Waals surface area contributed by atoms with Gasteiger partial charge in [-0.25, -0.2) is 0 Å². The standard InChI is InChI=1S/C12H25NO/c1-4-6-12(13-5-2)10(3)11-7-8-14-9-11/h10-13H,4-9H2,1-3H3. The van der Waals surface area contributed by atoms with Gasteiger partial charge in [0.25, 0.3) is 0 Å². The molecule has 2 heteroatoms. The molecule has 0 spiro atoms. The molecule has 1 aliphatic heterocycles. The molecule has 0 radical (unpaired) electrons. The third-order valence-electron chi connectivity index (χ3n) is 3.41. The van der Waals surface area contributed by atoms with Gasteiger partial charge in [0, 0.05) is 19.3 Å². The molecule has 3 atom stereocenters. The number of hydrogen-bond acceptors (Lipinski definition) is 2. The smallest absolute Gasteiger partial charge is 0.0498 e. The number of hydrogen-bond donors (Lipinski definition) is 1. The zero-order valence-corrected chi connectivity index (χ0v) is 9.88. The fraction of sp³-hybridized carbons (Fsp3) is 1.00. The largest absolute Gasteiger partial charge is 0.381 e. The second-order valence-electron chi connectivity index (χ2n) is 4.44. The summed E-state index contributed by atoms with van der Waals surface area (Å²) in [5, 5.41) is 3.60. The topological polar surface area (TPSA) is 21.3 Å². The molecule has 0 saturated carbocycles. The van der Waals surface area contributed by atoms with E-state index in [1.165, 1.54) is 19.3 Å². The molecule has 0 aromatic carbocycles. The van der Waals surface area contributed by atoms with E-state index >= 15 is 0 Å². The Hall–Kier alpha value is -0.0800. The van der Waals surface area contributed by atoms with Crippen LogP contribution in [0.15, 0.2) is 0 Å². The summed E-state index contributed by atoms with van der Waals surface area (Å²) >= 11 is 0. The van der Waals surface area contributed by atoms with E-state index in [0.717, 1.165) is 31.6 Å². The van der Waals surface area contributed by atoms with E-state index in [1.807, 2.05) is 0 Å². The van der Waals surface area contributed by atoms with Crippen molar-refractivity contribution < 1.29 is 4.74 Å². The molecule has 2 nitrogen and oxygen atoms in total. The predicted molar refractivity (Wildman–Crippen MR) is 60.5 cm³/mol. The van der Waals surface area contributed by atoms with Crippen LogP contribution in [0.25, 0.3) is 0 Å². The molecular formula is C12H25NO. The van der Waals surface area contributed by atoms with E-state index in [1.54, 1.807) is 0 Å². The average molecular weight is 199 g/mol. The third-order valence-corrected chi connectivity index (χ3v) is 3.41. The monoisotopic (exact) mass is 199 g/mol. The summed E-state index contributed by atoms with van der Waals surface area (Å²) in [5.74, 6) is 1.54. The zero-order valence-electron chi connectivity index (χ0n) is 9.88. The lowest BCUT2D eigenvalue weighted by Gasteiger charge is -2.28. The fourth-order valence-electron chi connectivity index (χ4n) is 2.42. The molecule has 1 N–H and O–H groups in total. The van der Waals surface area contributed by atoms with Crippen molar-refractivity contribution in [2.24, 2.45) is 11.8 Å². The van der Waals surface area contributed by atoms with Gasteiger partial charge in [0.2, 0.25) is 0 Å². The van der Waals surface area contributed by atoms with E-state index in [2.05, 4.69) is 26.1 Å². The van der Waals surface area contributed by atoms with Gasteiger partial charge in [-0.1, -0.05) is 27.2 Å². The second-order valence-corrected chi connectivity index (χ2v) is 4.44. The van der Waals surface area contributed by atoms with Crippen molar-refractivity contribution in [3.63, 3.8) is 0 Å². The van der Waals surface area contributed by atoms with Crippen LogP contribution in [0.5, 0.6) is 0 Å². The van der Waals surface area contributed by atoms with E-state index in [0.29, 0.717) is 6.04 Å². The summed E-state index contributed by atoms with van der Waals surface area (Å²) in [5.41, 5.74) is 0. The highest BCUT2D eigenvalue weighted by atomic mass is 16.5. The summed E-state index contributed by atoms with van der Waals surface area (Å²) in [7, 11) is 0. The number of nitrogens with one attached hydrogen (secondary N) is 1. The summed E-state index contributed by atoms with van der Waals surface area (Å²) in [4.78, 5) is 0. The van der Waals surface area contributed by atoms with Crippen molar-refractivity contribution in [1.29, 1.82) is 0 Å². The van der Waals surface area contributed by atoms with Crippen LogP contribution < -0.4 is 5.32 Å². The molecule has 84 valence electrons. The molecule has 1 aliphatic rings. The van der Waals surface area contributed by atoms with Gasteiger partial charge in [-0.05, 0) is 31.2 Å². The summed E-state index contributed by atoms with van der Waals surface area (Å²) in [6.07, 6.45) is 3.83. The molecule has 1 saturated heterocycles. The van der Waals surface area contributed by atoms with Crippen molar-refractivity contribution in [1.82, 2.24) is 5.32 Å². The van der Waals surface area contributed by atoms with Gasteiger partial charge in [0.05, 0.1) is 0 Å². The Balaban J connectivity index is 2.39. The molecular weight excluding hydrogens is 174 g/mol. The molecule has 0 bridgehead atoms. The highest BCUT2D eigenvalue weighted by Crippen LogP contribution is 2.26. The molecule has 0 amide bonds. The first-order valence-electron chi connectivity index (χ1n) is 6.10. The van der Waals surface area contributed by atoms with Crippen LogP contribution in [0, 0.1) is 11.8 Å². The molecule has 14 heavy (non-hydrogen) atoms. The average Bonchev–Trinajstić information content (AvgIpc) is 2.69. The van der Waals surface area contributed by atoms with Crippen LogP contribution in [0.4, 0.5) is 0 Å². The zero-order chi connectivity index (χ0) is 10.4. The molecule has 0 aromatic heterocycles. The van der Waals surface area contributed by atoms with Crippen molar-refractivity contribution in [3.8, 4) is 0 Å². The molecule has 0 aliphatic carbocycles. The minimum Gasteiger partial charge on any atom is -0.381 e. The first-order chi connectivity index (χ1) is 6.79. The Morgan fingerprint density at radius 1 is 1.43 bits per heavy atom. The van der Waals surface area contributed by atoms with Crippen LogP contribution >= 0.6 is 0 Å². The lowest BCUT2D eigenvalue weighted by atomic mass is 9.85. The third kappa shape index (κ3) is 3.25. The van der Waals surface area contributed by atoms with Gasteiger partial charge >= 0.3 is 0 Å². The van der Waals surface area contributed by atoms with Gasteiger partial charge in [-0.15, -0.1) is 0 Å². The Labute approximate surface area is 88.4 Å². The van der Waals surface area contributed by atoms with Crippen molar-refractivity contribution in [2.75, 3.05) is 19.8 Å². The van der Waals surface area contributed by atoms with Gasteiger partial charge in [-0.3, -0.25) is 0 Å². The quantitative estimate of drug-likeness (QED) is 0.709. The fourth-order valence-corrected chi connectivity index (χ4v) is 2.42. The lowest BCUT2D eigenvalue weighted by molar-refractivity contribution is 0.163. The first-order valence-corrected chi connectivity index (χ1v) is 6.10. The summed E-state index contributed by atoms with van der Waals surface area (Å²) in [6, 6.07) is 0.691. The maximum Gasteiger partial charge on any atom is 0.0498 e. The normalized spacial score (nSPS) is 26.4. The molecule has 1 heterocycles. The van der Waals surface area contributed by atoms with Crippen molar-refractivity contribution in [2.45, 2.75) is 46.1 Å². The number of ether oxygens (including phenoxy) is 1. The Morgan fingerprint density at radius 3 is 2.71 bits per heavy atom. The van der Waals surface area contributed by atoms with Gasteiger partial charge < -0.3 is 10.1 Å². The summed E-state index contributed by atoms with van der Waals surface area (Å²) < 4.78 is 5.46. The Morgan fingerprint density at radius 2 is 2.21 bits per heavy atom. The van der Waals surface area contributed by atoms with E-state index in [4.69, 9.17) is 4.74 Å². The van der Waals surface area contributed by atoms with Crippen molar-refractivity contribution >= 4 is 0 Å². The van der Waals surface area contributed by atoms with E-state index in [9.17, 15) is 0 Å². The predicted octanol–water partition coefficient (Wildman–Crippen LogP) is 2.44. The van der Waals surface area contributed by atoms with Crippen LogP contribution in [-0.4, -0.2) is 25.8 Å². The van der Waals surface area contributed by atoms with Gasteiger partial charge in [0.1, 0.15) is 0 Å². The Kier molecular flexibility index (Phi) is 5.49. The van der Waals surface area contributed by atoms with Crippen LogP contribution in [0.1, 0.15) is 40.0 Å². The first kappa shape index (κ1) is 12.0.